The van der Waals surface area contributed by atoms with E-state index in [1.165, 1.54) is 13.3 Å². The van der Waals surface area contributed by atoms with Gasteiger partial charge in [-0.25, -0.2) is 0 Å². The van der Waals surface area contributed by atoms with E-state index in [9.17, 15) is 14.1 Å². The molecule has 0 spiro atoms. The van der Waals surface area contributed by atoms with Crippen LogP contribution in [-0.2, 0) is 21.3 Å². The second-order valence-corrected chi connectivity index (χ2v) is 7.24. The number of phenols is 1. The Bertz CT molecular complexity index is 682. The topological polar surface area (TPSA) is 66.4 Å². The summed E-state index contributed by atoms with van der Waals surface area (Å²) in [5.74, 6) is 0.669. The van der Waals surface area contributed by atoms with E-state index >= 15 is 0 Å². The lowest BCUT2D eigenvalue weighted by Gasteiger charge is -2.05. The van der Waals surface area contributed by atoms with Crippen molar-refractivity contribution in [3.05, 3.63) is 54.1 Å². The molecule has 2 aromatic rings. The molecule has 27 heavy (non-hydrogen) atoms. The number of ketones is 1. The van der Waals surface area contributed by atoms with Gasteiger partial charge in [0.15, 0.2) is 0 Å². The normalized spacial score (nSPS) is 10.7. The van der Waals surface area contributed by atoms with E-state index in [4.69, 9.17) is 0 Å². The molecule has 0 saturated carbocycles. The van der Waals surface area contributed by atoms with Crippen molar-refractivity contribution in [2.75, 3.05) is 19.3 Å². The van der Waals surface area contributed by atoms with E-state index in [1.54, 1.807) is 18.2 Å². The number of carbonyl (C=O) groups excluding carboxylic acids is 1. The van der Waals surface area contributed by atoms with Crippen LogP contribution in [0.3, 0.4) is 0 Å². The molecule has 0 radical (unpaired) electrons. The van der Waals surface area contributed by atoms with Crippen molar-refractivity contribution in [1.29, 1.82) is 0 Å². The summed E-state index contributed by atoms with van der Waals surface area (Å²) in [6.45, 7) is 8.74. The van der Waals surface area contributed by atoms with Crippen LogP contribution in [0.4, 0.5) is 0 Å². The number of aromatic hydroxyl groups is 1. The number of nitrogens with one attached hydrogen (secondary N) is 1. The second kappa shape index (κ2) is 15.1. The fourth-order valence-electron chi connectivity index (χ4n) is 2.19. The van der Waals surface area contributed by atoms with Crippen molar-refractivity contribution in [3.8, 4) is 16.9 Å². The van der Waals surface area contributed by atoms with Crippen molar-refractivity contribution < 1.29 is 14.1 Å². The Balaban J connectivity index is 0.000000838. The van der Waals surface area contributed by atoms with Gasteiger partial charge in [-0.2, -0.15) is 0 Å². The molecule has 2 N–H and O–H groups in total. The van der Waals surface area contributed by atoms with Crippen LogP contribution >= 0.6 is 0 Å². The molecule has 0 heterocycles. The summed E-state index contributed by atoms with van der Waals surface area (Å²) in [5, 5.41) is 12.5. The quantitative estimate of drug-likeness (QED) is 0.727. The molecule has 0 amide bonds. The molecular formula is C22H33NO3S. The maximum absolute atomic E-state index is 11.7. The van der Waals surface area contributed by atoms with Gasteiger partial charge in [0.2, 0.25) is 0 Å². The average Bonchev–Trinajstić information content (AvgIpc) is 2.64. The van der Waals surface area contributed by atoms with E-state index in [1.807, 2.05) is 51.2 Å². The van der Waals surface area contributed by atoms with Crippen LogP contribution in [0.1, 0.15) is 39.7 Å². The van der Waals surface area contributed by atoms with E-state index in [0.717, 1.165) is 23.2 Å². The van der Waals surface area contributed by atoms with Crippen LogP contribution in [0.25, 0.3) is 11.1 Å². The summed E-state index contributed by atoms with van der Waals surface area (Å²) in [6, 6.07) is 14.7. The van der Waals surface area contributed by atoms with Gasteiger partial charge in [0.05, 0.1) is 5.75 Å². The average molecular weight is 392 g/mol. The number of carbonyl (C=O) groups is 1. The van der Waals surface area contributed by atoms with E-state index < -0.39 is 10.8 Å². The Kier molecular flexibility index (Phi) is 14.0. The molecule has 4 nitrogen and oxygen atoms in total. The molecule has 150 valence electrons. The summed E-state index contributed by atoms with van der Waals surface area (Å²) >= 11 is 0. The predicted octanol–water partition coefficient (Wildman–Crippen LogP) is 4.54. The van der Waals surface area contributed by atoms with Crippen molar-refractivity contribution in [2.45, 2.75) is 39.9 Å². The van der Waals surface area contributed by atoms with Gasteiger partial charge in [0, 0.05) is 16.6 Å². The second-order valence-electron chi connectivity index (χ2n) is 5.78. The van der Waals surface area contributed by atoms with E-state index in [-0.39, 0.29) is 17.3 Å². The Morgan fingerprint density at radius 3 is 2.15 bits per heavy atom. The molecular weight excluding hydrogens is 358 g/mol. The maximum Gasteiger partial charge on any atom is 0.142 e. The van der Waals surface area contributed by atoms with Crippen LogP contribution in [0.5, 0.6) is 5.75 Å². The van der Waals surface area contributed by atoms with E-state index in [0.29, 0.717) is 5.75 Å². The third-order valence-electron chi connectivity index (χ3n) is 3.33. The standard InChI is InChI=1S/C16H16O3S.C4H11N.C2H6/c1-12(17)10-20(19)11-13-5-7-14(8-6-13)15-3-2-4-16(18)9-15;1-3-4-5-2;1-2/h2-9,18H,10-11H2,1H3;5H,3-4H2,1-2H3;1-2H3. The van der Waals surface area contributed by atoms with Crippen LogP contribution in [0, 0.1) is 0 Å². The molecule has 5 heteroatoms. The van der Waals surface area contributed by atoms with Crippen molar-refractivity contribution in [2.24, 2.45) is 0 Å². The fourth-order valence-corrected chi connectivity index (χ4v) is 3.31. The zero-order valence-corrected chi connectivity index (χ0v) is 17.9. The lowest BCUT2D eigenvalue weighted by Crippen LogP contribution is -2.08. The number of Topliss-reactive ketones (excluding diaryl/α,β-unsaturated/α-hetero) is 1. The smallest absolute Gasteiger partial charge is 0.142 e. The Morgan fingerprint density at radius 1 is 1.07 bits per heavy atom. The predicted molar refractivity (Wildman–Crippen MR) is 117 cm³/mol. The summed E-state index contributed by atoms with van der Waals surface area (Å²) in [7, 11) is 0.816. The first kappa shape index (κ1) is 25.0. The first-order valence-electron chi connectivity index (χ1n) is 9.33. The van der Waals surface area contributed by atoms with Crippen LogP contribution < -0.4 is 5.32 Å². The lowest BCUT2D eigenvalue weighted by molar-refractivity contribution is -0.114. The Labute approximate surface area is 166 Å². The summed E-state index contributed by atoms with van der Waals surface area (Å²) in [4.78, 5) is 10.9. The maximum atomic E-state index is 11.7. The van der Waals surface area contributed by atoms with Gasteiger partial charge in [-0.3, -0.25) is 9.00 Å². The van der Waals surface area contributed by atoms with Gasteiger partial charge in [-0.1, -0.05) is 57.2 Å². The minimum atomic E-state index is -1.15. The third kappa shape index (κ3) is 11.4. The Hall–Kier alpha value is -1.98. The molecule has 1 atom stereocenters. The van der Waals surface area contributed by atoms with Crippen LogP contribution in [0.2, 0.25) is 0 Å². The molecule has 2 rings (SSSR count). The highest BCUT2D eigenvalue weighted by Gasteiger charge is 2.05. The molecule has 2 aromatic carbocycles. The SMILES string of the molecule is CC.CC(=O)CS(=O)Cc1ccc(-c2cccc(O)c2)cc1.CCCNC. The minimum absolute atomic E-state index is 0.0558. The monoisotopic (exact) mass is 391 g/mol. The van der Waals surface area contributed by atoms with Crippen LogP contribution in [-0.4, -0.2) is 34.4 Å². The van der Waals surface area contributed by atoms with Crippen molar-refractivity contribution in [3.63, 3.8) is 0 Å². The zero-order chi connectivity index (χ0) is 20.7. The summed E-state index contributed by atoms with van der Waals surface area (Å²) < 4.78 is 11.7. The van der Waals surface area contributed by atoms with Gasteiger partial charge in [0.25, 0.3) is 0 Å². The third-order valence-corrected chi connectivity index (χ3v) is 4.71. The van der Waals surface area contributed by atoms with Crippen molar-refractivity contribution >= 4 is 16.6 Å². The van der Waals surface area contributed by atoms with E-state index in [2.05, 4.69) is 12.2 Å². The number of hydrogen-bond donors (Lipinski definition) is 2. The number of rotatable bonds is 7. The molecule has 0 saturated heterocycles. The van der Waals surface area contributed by atoms with Crippen molar-refractivity contribution in [1.82, 2.24) is 5.32 Å². The minimum Gasteiger partial charge on any atom is -0.508 e. The van der Waals surface area contributed by atoms with Crippen LogP contribution in [0.15, 0.2) is 48.5 Å². The largest absolute Gasteiger partial charge is 0.508 e. The highest BCUT2D eigenvalue weighted by molar-refractivity contribution is 7.84. The summed E-state index contributed by atoms with van der Waals surface area (Å²) in [5.41, 5.74) is 2.86. The first-order chi connectivity index (χ1) is 13.0. The van der Waals surface area contributed by atoms with Gasteiger partial charge in [-0.05, 0) is 55.8 Å². The van der Waals surface area contributed by atoms with Gasteiger partial charge >= 0.3 is 0 Å². The van der Waals surface area contributed by atoms with Gasteiger partial charge in [0.1, 0.15) is 11.5 Å². The molecule has 0 aliphatic carbocycles. The van der Waals surface area contributed by atoms with Gasteiger partial charge < -0.3 is 10.4 Å². The summed E-state index contributed by atoms with van der Waals surface area (Å²) in [6.07, 6.45) is 1.23. The molecule has 0 aromatic heterocycles. The number of benzene rings is 2. The zero-order valence-electron chi connectivity index (χ0n) is 17.1. The highest BCUT2D eigenvalue weighted by atomic mass is 32.2. The lowest BCUT2D eigenvalue weighted by atomic mass is 10.0. The molecule has 0 aliphatic heterocycles. The Morgan fingerprint density at radius 2 is 1.70 bits per heavy atom. The fraction of sp³-hybridized carbons (Fsp3) is 0.409. The molecule has 0 bridgehead atoms. The number of phenolic OH excluding ortho intramolecular Hbond substituents is 1. The molecule has 0 aliphatic rings. The molecule has 0 fully saturated rings. The number of hydrogen-bond acceptors (Lipinski definition) is 4. The highest BCUT2D eigenvalue weighted by Crippen LogP contribution is 2.23. The first-order valence-corrected chi connectivity index (χ1v) is 10.8. The molecule has 1 unspecified atom stereocenters. The van der Waals surface area contributed by atoms with Gasteiger partial charge in [-0.15, -0.1) is 0 Å².